The van der Waals surface area contributed by atoms with E-state index in [1.165, 1.54) is 24.4 Å². The van der Waals surface area contributed by atoms with Gasteiger partial charge in [-0.3, -0.25) is 9.35 Å². The van der Waals surface area contributed by atoms with Crippen LogP contribution in [0.1, 0.15) is 62.2 Å². The van der Waals surface area contributed by atoms with Crippen LogP contribution >= 0.6 is 0 Å². The molecule has 2 bridgehead atoms. The van der Waals surface area contributed by atoms with E-state index in [9.17, 15) is 26.4 Å². The number of pyridine rings is 1. The predicted octanol–water partition coefficient (Wildman–Crippen LogP) is 5.45. The summed E-state index contributed by atoms with van der Waals surface area (Å²) in [6, 6.07) is 9.73. The Bertz CT molecular complexity index is 1600. The molecule has 0 spiro atoms. The summed E-state index contributed by atoms with van der Waals surface area (Å²) in [5.41, 5.74) is 1.55. The Kier molecular flexibility index (Phi) is 8.28. The first kappa shape index (κ1) is 30.3. The second-order valence-corrected chi connectivity index (χ2v) is 13.0. The van der Waals surface area contributed by atoms with Gasteiger partial charge in [0.05, 0.1) is 30.3 Å². The number of nitrogens with zero attached hydrogens (tertiary/aromatic N) is 3. The van der Waals surface area contributed by atoms with Gasteiger partial charge in [0.15, 0.2) is 0 Å². The molecule has 11 nitrogen and oxygen atoms in total. The SMILES string of the molecule is O=C(CCS(=O)(=O)O)Nc1ccc(N2C3CCC2CC(OCc2c(-c4ccccc4OC(F)(F)F)noc2C2CC2)C3)nc1. The van der Waals surface area contributed by atoms with E-state index in [4.69, 9.17) is 13.8 Å². The number of para-hydroxylation sites is 1. The van der Waals surface area contributed by atoms with E-state index in [0.29, 0.717) is 22.7 Å². The fourth-order valence-corrected chi connectivity index (χ4v) is 6.56. The minimum Gasteiger partial charge on any atom is -0.405 e. The Morgan fingerprint density at radius 2 is 1.82 bits per heavy atom. The highest BCUT2D eigenvalue weighted by Crippen LogP contribution is 2.46. The minimum atomic E-state index is -4.85. The quantitative estimate of drug-likeness (QED) is 0.261. The second kappa shape index (κ2) is 12.0. The molecule has 0 radical (unpaired) electrons. The average Bonchev–Trinajstić information content (AvgIpc) is 3.66. The van der Waals surface area contributed by atoms with Gasteiger partial charge in [0, 0.05) is 35.5 Å². The van der Waals surface area contributed by atoms with Crippen molar-refractivity contribution in [3.05, 3.63) is 53.9 Å². The molecule has 2 N–H and O–H groups in total. The Morgan fingerprint density at radius 1 is 1.09 bits per heavy atom. The standard InChI is InChI=1S/C29H31F3N4O7S/c30-29(31,32)42-24-4-2-1-3-22(24)27-23(28(43-35-27)17-5-6-17)16-41-21-13-19-8-9-20(14-21)36(19)25-10-7-18(15-33-25)34-26(37)11-12-44(38,39)40/h1-4,7,10,15,17,19-21H,5-6,8-9,11-14,16H2,(H,34,37)(H,38,39,40). The molecule has 44 heavy (non-hydrogen) atoms. The maximum Gasteiger partial charge on any atom is 0.573 e. The molecule has 15 heteroatoms. The summed E-state index contributed by atoms with van der Waals surface area (Å²) in [7, 11) is -4.23. The molecule has 236 valence electrons. The van der Waals surface area contributed by atoms with E-state index in [1.54, 1.807) is 18.2 Å². The Labute approximate surface area is 251 Å². The normalized spacial score (nSPS) is 21.8. The Hall–Kier alpha value is -3.69. The second-order valence-electron chi connectivity index (χ2n) is 11.4. The molecule has 6 rings (SSSR count). The highest BCUT2D eigenvalue weighted by Gasteiger charge is 2.42. The summed E-state index contributed by atoms with van der Waals surface area (Å²) in [5, 5.41) is 6.73. The smallest absolute Gasteiger partial charge is 0.405 e. The molecule has 1 amide bonds. The van der Waals surface area contributed by atoms with Crippen molar-refractivity contribution >= 4 is 27.5 Å². The number of nitrogens with one attached hydrogen (secondary N) is 1. The minimum absolute atomic E-state index is 0.0819. The third-order valence-corrected chi connectivity index (χ3v) is 8.89. The van der Waals surface area contributed by atoms with Crippen LogP contribution in [0.25, 0.3) is 11.3 Å². The number of rotatable bonds is 11. The lowest BCUT2D eigenvalue weighted by atomic mass is 9.99. The molecule has 3 fully saturated rings. The highest BCUT2D eigenvalue weighted by molar-refractivity contribution is 7.85. The van der Waals surface area contributed by atoms with Gasteiger partial charge in [0.1, 0.15) is 23.0 Å². The molecule has 4 heterocycles. The monoisotopic (exact) mass is 636 g/mol. The molecular formula is C29H31F3N4O7S. The number of halogens is 3. The number of carbonyl (C=O) groups is 1. The van der Waals surface area contributed by atoms with Gasteiger partial charge in [0.25, 0.3) is 10.1 Å². The van der Waals surface area contributed by atoms with E-state index in [0.717, 1.165) is 44.3 Å². The zero-order valence-electron chi connectivity index (χ0n) is 23.5. The topological polar surface area (TPSA) is 144 Å². The van der Waals surface area contributed by atoms with Crippen molar-refractivity contribution in [2.45, 2.75) is 82.0 Å². The summed E-state index contributed by atoms with van der Waals surface area (Å²) in [6.45, 7) is 0.152. The first-order chi connectivity index (χ1) is 20.9. The predicted molar refractivity (Wildman–Crippen MR) is 152 cm³/mol. The van der Waals surface area contributed by atoms with Crippen LogP contribution in [0.3, 0.4) is 0 Å². The number of hydrogen-bond donors (Lipinski definition) is 2. The summed E-state index contributed by atoms with van der Waals surface area (Å²) in [6.07, 6.45) is 1.43. The zero-order valence-corrected chi connectivity index (χ0v) is 24.3. The number of benzene rings is 1. The van der Waals surface area contributed by atoms with Crippen LogP contribution < -0.4 is 15.0 Å². The molecule has 2 aliphatic heterocycles. The third kappa shape index (κ3) is 7.16. The van der Waals surface area contributed by atoms with Crippen molar-refractivity contribution in [3.8, 4) is 17.0 Å². The van der Waals surface area contributed by atoms with Crippen LogP contribution in [-0.4, -0.2) is 59.3 Å². The van der Waals surface area contributed by atoms with Gasteiger partial charge in [-0.1, -0.05) is 17.3 Å². The Balaban J connectivity index is 1.11. The summed E-state index contributed by atoms with van der Waals surface area (Å²) in [4.78, 5) is 18.8. The van der Waals surface area contributed by atoms with Crippen molar-refractivity contribution in [3.63, 3.8) is 0 Å². The molecule has 1 aromatic carbocycles. The lowest BCUT2D eigenvalue weighted by Crippen LogP contribution is -2.46. The first-order valence-electron chi connectivity index (χ1n) is 14.4. The van der Waals surface area contributed by atoms with Gasteiger partial charge in [-0.15, -0.1) is 13.2 Å². The van der Waals surface area contributed by atoms with Gasteiger partial charge in [-0.25, -0.2) is 4.98 Å². The zero-order chi connectivity index (χ0) is 31.1. The largest absolute Gasteiger partial charge is 0.573 e. The molecule has 2 atom stereocenters. The van der Waals surface area contributed by atoms with Gasteiger partial charge < -0.3 is 24.2 Å². The van der Waals surface area contributed by atoms with Crippen LogP contribution in [0.15, 0.2) is 47.1 Å². The third-order valence-electron chi connectivity index (χ3n) is 8.17. The molecule has 2 saturated heterocycles. The molecule has 1 saturated carbocycles. The number of carbonyl (C=O) groups excluding carboxylic acids is 1. The van der Waals surface area contributed by atoms with Gasteiger partial charge >= 0.3 is 6.36 Å². The number of aromatic nitrogens is 2. The van der Waals surface area contributed by atoms with E-state index in [1.807, 2.05) is 0 Å². The molecule has 3 aliphatic rings. The van der Waals surface area contributed by atoms with Crippen LogP contribution in [0.4, 0.5) is 24.7 Å². The van der Waals surface area contributed by atoms with Crippen LogP contribution in [0.2, 0.25) is 0 Å². The molecule has 1 aliphatic carbocycles. The van der Waals surface area contributed by atoms with E-state index in [2.05, 4.69) is 25.1 Å². The summed E-state index contributed by atoms with van der Waals surface area (Å²) < 4.78 is 86.2. The number of hydrogen-bond acceptors (Lipinski definition) is 9. The van der Waals surface area contributed by atoms with Crippen LogP contribution in [-0.2, 0) is 26.3 Å². The van der Waals surface area contributed by atoms with E-state index in [-0.39, 0.29) is 48.4 Å². The first-order valence-corrected chi connectivity index (χ1v) is 16.0. The number of ether oxygens (including phenoxy) is 2. The maximum absolute atomic E-state index is 13.1. The van der Waals surface area contributed by atoms with Crippen molar-refractivity contribution in [2.75, 3.05) is 16.0 Å². The number of anilines is 2. The van der Waals surface area contributed by atoms with Crippen molar-refractivity contribution < 1.29 is 44.9 Å². The lowest BCUT2D eigenvalue weighted by molar-refractivity contribution is -0.274. The van der Waals surface area contributed by atoms with Crippen molar-refractivity contribution in [1.29, 1.82) is 0 Å². The van der Waals surface area contributed by atoms with Gasteiger partial charge in [-0.2, -0.15) is 8.42 Å². The van der Waals surface area contributed by atoms with E-state index >= 15 is 0 Å². The Morgan fingerprint density at radius 3 is 2.45 bits per heavy atom. The van der Waals surface area contributed by atoms with E-state index < -0.39 is 28.1 Å². The number of fused-ring (bicyclic) bond motifs is 2. The summed E-state index contributed by atoms with van der Waals surface area (Å²) in [5.74, 6) is 0.0178. The van der Waals surface area contributed by atoms with Crippen LogP contribution in [0.5, 0.6) is 5.75 Å². The lowest BCUT2D eigenvalue weighted by Gasteiger charge is -2.39. The van der Waals surface area contributed by atoms with Gasteiger partial charge in [-0.05, 0) is 62.8 Å². The molecule has 2 unspecified atom stereocenters. The van der Waals surface area contributed by atoms with Gasteiger partial charge in [0.2, 0.25) is 5.91 Å². The number of amides is 1. The summed E-state index contributed by atoms with van der Waals surface area (Å²) >= 11 is 0. The number of alkyl halides is 3. The van der Waals surface area contributed by atoms with Crippen molar-refractivity contribution in [1.82, 2.24) is 10.1 Å². The highest BCUT2D eigenvalue weighted by atomic mass is 32.2. The maximum atomic E-state index is 13.1. The molecule has 2 aromatic heterocycles. The molecular weight excluding hydrogens is 605 g/mol. The fraction of sp³-hybridized carbons (Fsp3) is 0.483. The molecule has 3 aromatic rings. The van der Waals surface area contributed by atoms with Crippen LogP contribution in [0, 0.1) is 0 Å². The fourth-order valence-electron chi connectivity index (χ4n) is 6.11. The number of piperidine rings is 1. The van der Waals surface area contributed by atoms with Crippen molar-refractivity contribution in [2.24, 2.45) is 0 Å². The average molecular weight is 637 g/mol.